The van der Waals surface area contributed by atoms with Crippen molar-refractivity contribution in [1.29, 1.82) is 0 Å². The molecule has 1 atom stereocenters. The fourth-order valence-electron chi connectivity index (χ4n) is 1.36. The van der Waals surface area contributed by atoms with E-state index in [1.807, 2.05) is 11.4 Å². The highest BCUT2D eigenvalue weighted by Gasteiger charge is 2.05. The van der Waals surface area contributed by atoms with Gasteiger partial charge in [-0.3, -0.25) is 9.36 Å². The molecule has 5 heteroatoms. The van der Waals surface area contributed by atoms with E-state index >= 15 is 0 Å². The third-order valence-corrected chi connectivity index (χ3v) is 3.12. The summed E-state index contributed by atoms with van der Waals surface area (Å²) in [5.41, 5.74) is 0.731. The maximum absolute atomic E-state index is 11.9. The van der Waals surface area contributed by atoms with Crippen LogP contribution >= 0.6 is 11.3 Å². The van der Waals surface area contributed by atoms with Crippen LogP contribution in [-0.2, 0) is 6.54 Å². The Balaban J connectivity index is 2.36. The Morgan fingerprint density at radius 2 is 2.47 bits per heavy atom. The number of aromatic nitrogens is 2. The van der Waals surface area contributed by atoms with Crippen LogP contribution in [0.25, 0.3) is 10.2 Å². The molecule has 0 aliphatic carbocycles. The Morgan fingerprint density at radius 1 is 1.67 bits per heavy atom. The van der Waals surface area contributed by atoms with Gasteiger partial charge in [0, 0.05) is 6.54 Å². The van der Waals surface area contributed by atoms with Gasteiger partial charge in [-0.2, -0.15) is 0 Å². The maximum Gasteiger partial charge on any atom is 0.271 e. The van der Waals surface area contributed by atoms with Crippen molar-refractivity contribution in [2.24, 2.45) is 0 Å². The Labute approximate surface area is 90.8 Å². The number of thiophene rings is 1. The molecule has 2 aromatic rings. The molecule has 0 saturated heterocycles. The lowest BCUT2D eigenvalue weighted by atomic mass is 10.3. The lowest BCUT2D eigenvalue weighted by molar-refractivity contribution is 0.177. The van der Waals surface area contributed by atoms with Crippen LogP contribution < -0.4 is 5.56 Å². The normalized spacial score (nSPS) is 13.2. The molecule has 0 aliphatic rings. The molecule has 2 aromatic heterocycles. The number of aliphatic hydroxyl groups excluding tert-OH is 1. The Hall–Kier alpha value is -1.20. The molecule has 80 valence electrons. The van der Waals surface area contributed by atoms with Gasteiger partial charge in [0.1, 0.15) is 4.70 Å². The smallest absolute Gasteiger partial charge is 0.271 e. The highest BCUT2D eigenvalue weighted by Crippen LogP contribution is 2.13. The minimum Gasteiger partial charge on any atom is -0.393 e. The van der Waals surface area contributed by atoms with E-state index in [2.05, 4.69) is 4.98 Å². The van der Waals surface area contributed by atoms with Crippen molar-refractivity contribution in [3.63, 3.8) is 0 Å². The summed E-state index contributed by atoms with van der Waals surface area (Å²) in [5, 5.41) is 11.0. The van der Waals surface area contributed by atoms with Crippen molar-refractivity contribution in [2.45, 2.75) is 26.0 Å². The first-order valence-corrected chi connectivity index (χ1v) is 5.67. The first kappa shape index (κ1) is 10.3. The second-order valence-corrected chi connectivity index (χ2v) is 4.43. The molecule has 0 aliphatic heterocycles. The zero-order chi connectivity index (χ0) is 10.8. The molecule has 1 unspecified atom stereocenters. The zero-order valence-electron chi connectivity index (χ0n) is 8.38. The molecular weight excluding hydrogens is 212 g/mol. The van der Waals surface area contributed by atoms with Crippen molar-refractivity contribution in [2.75, 3.05) is 0 Å². The lowest BCUT2D eigenvalue weighted by Crippen LogP contribution is -2.21. The van der Waals surface area contributed by atoms with Gasteiger partial charge in [-0.1, -0.05) is 0 Å². The third kappa shape index (κ3) is 2.08. The van der Waals surface area contributed by atoms with Crippen molar-refractivity contribution in [3.8, 4) is 0 Å². The van der Waals surface area contributed by atoms with E-state index in [1.165, 1.54) is 11.3 Å². The van der Waals surface area contributed by atoms with Gasteiger partial charge in [0.25, 0.3) is 5.56 Å². The van der Waals surface area contributed by atoms with Crippen LogP contribution in [0.5, 0.6) is 0 Å². The van der Waals surface area contributed by atoms with E-state index in [-0.39, 0.29) is 5.56 Å². The highest BCUT2D eigenvalue weighted by atomic mass is 32.1. The summed E-state index contributed by atoms with van der Waals surface area (Å²) in [5.74, 6) is 0. The fourth-order valence-corrected chi connectivity index (χ4v) is 2.16. The van der Waals surface area contributed by atoms with Gasteiger partial charge in [-0.05, 0) is 24.8 Å². The van der Waals surface area contributed by atoms with Gasteiger partial charge >= 0.3 is 0 Å². The first-order chi connectivity index (χ1) is 7.18. The number of rotatable bonds is 3. The number of aliphatic hydroxyl groups is 1. The Kier molecular flexibility index (Phi) is 2.83. The van der Waals surface area contributed by atoms with Crippen LogP contribution in [0.4, 0.5) is 0 Å². The highest BCUT2D eigenvalue weighted by molar-refractivity contribution is 7.17. The van der Waals surface area contributed by atoms with Gasteiger partial charge < -0.3 is 5.11 Å². The van der Waals surface area contributed by atoms with Crippen LogP contribution in [0.2, 0.25) is 0 Å². The van der Waals surface area contributed by atoms with Crippen LogP contribution in [0.3, 0.4) is 0 Å². The van der Waals surface area contributed by atoms with Gasteiger partial charge in [0.05, 0.1) is 17.9 Å². The number of hydrogen-bond acceptors (Lipinski definition) is 4. The molecule has 1 N–H and O–H groups in total. The fraction of sp³-hybridized carbons (Fsp3) is 0.400. The summed E-state index contributed by atoms with van der Waals surface area (Å²) in [6.45, 7) is 2.22. The van der Waals surface area contributed by atoms with Crippen molar-refractivity contribution in [3.05, 3.63) is 28.1 Å². The molecule has 0 aromatic carbocycles. The quantitative estimate of drug-likeness (QED) is 0.853. The van der Waals surface area contributed by atoms with Gasteiger partial charge in [-0.25, -0.2) is 4.98 Å². The average Bonchev–Trinajstić information content (AvgIpc) is 2.65. The third-order valence-electron chi connectivity index (χ3n) is 2.22. The van der Waals surface area contributed by atoms with E-state index in [9.17, 15) is 4.79 Å². The standard InChI is InChI=1S/C10H12N2O2S/c1-7(13)2-4-12-6-11-8-3-5-15-9(8)10(12)14/h3,5-7,13H,2,4H2,1H3. The molecule has 0 saturated carbocycles. The van der Waals surface area contributed by atoms with Crippen LogP contribution in [0.15, 0.2) is 22.6 Å². The predicted octanol–water partition coefficient (Wildman–Crippen LogP) is 1.23. The van der Waals surface area contributed by atoms with Gasteiger partial charge in [0.15, 0.2) is 0 Å². The summed E-state index contributed by atoms with van der Waals surface area (Å²) < 4.78 is 2.23. The molecule has 0 fully saturated rings. The van der Waals surface area contributed by atoms with E-state index < -0.39 is 6.10 Å². The topological polar surface area (TPSA) is 55.1 Å². The van der Waals surface area contributed by atoms with E-state index in [1.54, 1.807) is 17.8 Å². The maximum atomic E-state index is 11.9. The van der Waals surface area contributed by atoms with Crippen molar-refractivity contribution >= 4 is 21.6 Å². The summed E-state index contributed by atoms with van der Waals surface area (Å²) in [6, 6.07) is 1.83. The molecule has 2 rings (SSSR count). The summed E-state index contributed by atoms with van der Waals surface area (Å²) in [4.78, 5) is 16.0. The molecule has 4 nitrogen and oxygen atoms in total. The van der Waals surface area contributed by atoms with E-state index in [4.69, 9.17) is 5.11 Å². The average molecular weight is 224 g/mol. The molecular formula is C10H12N2O2S. The second-order valence-electron chi connectivity index (χ2n) is 3.52. The zero-order valence-corrected chi connectivity index (χ0v) is 9.20. The predicted molar refractivity (Wildman–Crippen MR) is 60.2 cm³/mol. The number of aryl methyl sites for hydroxylation is 1. The summed E-state index contributed by atoms with van der Waals surface area (Å²) in [7, 11) is 0. The Bertz CT molecular complexity index is 515. The van der Waals surface area contributed by atoms with E-state index in [0.717, 1.165) is 5.52 Å². The minimum absolute atomic E-state index is 0.0179. The lowest BCUT2D eigenvalue weighted by Gasteiger charge is -2.06. The number of nitrogens with zero attached hydrogens (tertiary/aromatic N) is 2. The first-order valence-electron chi connectivity index (χ1n) is 4.79. The molecule has 0 spiro atoms. The van der Waals surface area contributed by atoms with Crippen LogP contribution in [0, 0.1) is 0 Å². The van der Waals surface area contributed by atoms with Crippen LogP contribution in [-0.4, -0.2) is 20.8 Å². The van der Waals surface area contributed by atoms with E-state index in [0.29, 0.717) is 17.7 Å². The summed E-state index contributed by atoms with van der Waals surface area (Å²) in [6.07, 6.45) is 1.72. The second kappa shape index (κ2) is 4.12. The SMILES string of the molecule is CC(O)CCn1cnc2ccsc2c1=O. The molecule has 2 heterocycles. The van der Waals surface area contributed by atoms with Gasteiger partial charge in [-0.15, -0.1) is 11.3 Å². The van der Waals surface area contributed by atoms with Gasteiger partial charge in [0.2, 0.25) is 0 Å². The van der Waals surface area contributed by atoms with Crippen LogP contribution in [0.1, 0.15) is 13.3 Å². The molecule has 0 amide bonds. The number of fused-ring (bicyclic) bond motifs is 1. The Morgan fingerprint density at radius 3 is 3.20 bits per heavy atom. The molecule has 0 radical (unpaired) electrons. The van der Waals surface area contributed by atoms with Crippen molar-refractivity contribution in [1.82, 2.24) is 9.55 Å². The summed E-state index contributed by atoms with van der Waals surface area (Å²) >= 11 is 1.40. The molecule has 15 heavy (non-hydrogen) atoms. The minimum atomic E-state index is -0.393. The largest absolute Gasteiger partial charge is 0.393 e. The monoisotopic (exact) mass is 224 g/mol. The molecule has 0 bridgehead atoms. The number of hydrogen-bond donors (Lipinski definition) is 1. The van der Waals surface area contributed by atoms with Crippen molar-refractivity contribution < 1.29 is 5.11 Å².